The number of likely N-dealkylation sites (N-methyl/N-ethyl adjacent to an activating group) is 1. The van der Waals surface area contributed by atoms with Crippen molar-refractivity contribution < 1.29 is 0 Å². The Kier molecular flexibility index (Phi) is 6.03. The first kappa shape index (κ1) is 16.3. The third-order valence-corrected chi connectivity index (χ3v) is 4.22. The van der Waals surface area contributed by atoms with Gasteiger partial charge in [0.2, 0.25) is 0 Å². The van der Waals surface area contributed by atoms with E-state index in [4.69, 9.17) is 0 Å². The zero-order valence-electron chi connectivity index (χ0n) is 14.0. The molecule has 1 aliphatic rings. The van der Waals surface area contributed by atoms with E-state index in [1.807, 2.05) is 7.05 Å². The standard InChI is InChI=1S/C17H30N4/c1-15-13-16(14-18-2)5-6-17(15)21-11-9-20(10-12-21)8-7-19(3)4/h5-6,13,18H,7-12,14H2,1-4H3. The summed E-state index contributed by atoms with van der Waals surface area (Å²) in [6.07, 6.45) is 0. The van der Waals surface area contributed by atoms with Gasteiger partial charge in [0.15, 0.2) is 0 Å². The van der Waals surface area contributed by atoms with Gasteiger partial charge in [-0.2, -0.15) is 0 Å². The number of nitrogens with one attached hydrogen (secondary N) is 1. The molecule has 0 bridgehead atoms. The Morgan fingerprint density at radius 2 is 1.86 bits per heavy atom. The average molecular weight is 290 g/mol. The van der Waals surface area contributed by atoms with Crippen molar-refractivity contribution in [1.82, 2.24) is 15.1 Å². The number of piperazine rings is 1. The lowest BCUT2D eigenvalue weighted by Crippen LogP contribution is -2.48. The van der Waals surface area contributed by atoms with E-state index in [0.29, 0.717) is 0 Å². The van der Waals surface area contributed by atoms with E-state index in [1.54, 1.807) is 0 Å². The molecule has 4 heteroatoms. The number of aryl methyl sites for hydroxylation is 1. The Labute approximate surface area is 129 Å². The number of nitrogens with zero attached hydrogens (tertiary/aromatic N) is 3. The zero-order valence-corrected chi connectivity index (χ0v) is 14.0. The first-order valence-electron chi connectivity index (χ1n) is 7.96. The van der Waals surface area contributed by atoms with Crippen LogP contribution in [0.3, 0.4) is 0 Å². The van der Waals surface area contributed by atoms with Gasteiger partial charge < -0.3 is 15.1 Å². The highest BCUT2D eigenvalue weighted by Crippen LogP contribution is 2.22. The SMILES string of the molecule is CNCc1ccc(N2CCN(CCN(C)C)CC2)c(C)c1. The van der Waals surface area contributed by atoms with Gasteiger partial charge in [-0.3, -0.25) is 4.90 Å². The molecule has 0 spiro atoms. The molecule has 4 nitrogen and oxygen atoms in total. The van der Waals surface area contributed by atoms with Gasteiger partial charge in [0.25, 0.3) is 0 Å². The van der Waals surface area contributed by atoms with Gasteiger partial charge in [0.1, 0.15) is 0 Å². The Bertz CT molecular complexity index is 436. The van der Waals surface area contributed by atoms with Crippen molar-refractivity contribution in [2.24, 2.45) is 0 Å². The second-order valence-corrected chi connectivity index (χ2v) is 6.28. The molecule has 118 valence electrons. The van der Waals surface area contributed by atoms with Gasteiger partial charge in [0, 0.05) is 51.5 Å². The summed E-state index contributed by atoms with van der Waals surface area (Å²) in [6.45, 7) is 10.1. The predicted molar refractivity (Wildman–Crippen MR) is 91.1 cm³/mol. The predicted octanol–water partition coefficient (Wildman–Crippen LogP) is 1.40. The van der Waals surface area contributed by atoms with E-state index in [1.165, 1.54) is 36.4 Å². The molecule has 1 aliphatic heterocycles. The highest BCUT2D eigenvalue weighted by atomic mass is 15.3. The van der Waals surface area contributed by atoms with Crippen molar-refractivity contribution in [3.8, 4) is 0 Å². The van der Waals surface area contributed by atoms with Gasteiger partial charge in [-0.05, 0) is 45.3 Å². The number of hydrogen-bond acceptors (Lipinski definition) is 4. The van der Waals surface area contributed by atoms with Gasteiger partial charge in [-0.15, -0.1) is 0 Å². The summed E-state index contributed by atoms with van der Waals surface area (Å²) >= 11 is 0. The second kappa shape index (κ2) is 7.78. The summed E-state index contributed by atoms with van der Waals surface area (Å²) in [5.74, 6) is 0. The molecule has 1 heterocycles. The second-order valence-electron chi connectivity index (χ2n) is 6.28. The fraction of sp³-hybridized carbons (Fsp3) is 0.647. The lowest BCUT2D eigenvalue weighted by atomic mass is 10.1. The number of hydrogen-bond donors (Lipinski definition) is 1. The average Bonchev–Trinajstić information content (AvgIpc) is 2.46. The maximum atomic E-state index is 3.21. The molecule has 0 unspecified atom stereocenters. The molecule has 21 heavy (non-hydrogen) atoms. The van der Waals surface area contributed by atoms with Crippen LogP contribution < -0.4 is 10.2 Å². The summed E-state index contributed by atoms with van der Waals surface area (Å²) in [5.41, 5.74) is 4.16. The summed E-state index contributed by atoms with van der Waals surface area (Å²) in [6, 6.07) is 6.85. The largest absolute Gasteiger partial charge is 0.369 e. The molecule has 1 aromatic carbocycles. The summed E-state index contributed by atoms with van der Waals surface area (Å²) < 4.78 is 0. The summed E-state index contributed by atoms with van der Waals surface area (Å²) in [5, 5.41) is 3.21. The maximum absolute atomic E-state index is 3.21. The molecule has 1 saturated heterocycles. The minimum atomic E-state index is 0.944. The van der Waals surface area contributed by atoms with Crippen LogP contribution in [0, 0.1) is 6.92 Å². The smallest absolute Gasteiger partial charge is 0.0397 e. The highest BCUT2D eigenvalue weighted by Gasteiger charge is 2.18. The summed E-state index contributed by atoms with van der Waals surface area (Å²) in [4.78, 5) is 7.36. The molecule has 0 atom stereocenters. The van der Waals surface area contributed by atoms with Crippen LogP contribution in [0.2, 0.25) is 0 Å². The van der Waals surface area contributed by atoms with E-state index >= 15 is 0 Å². The van der Waals surface area contributed by atoms with Crippen molar-refractivity contribution in [1.29, 1.82) is 0 Å². The van der Waals surface area contributed by atoms with Gasteiger partial charge in [-0.25, -0.2) is 0 Å². The van der Waals surface area contributed by atoms with Crippen LogP contribution in [-0.4, -0.2) is 70.2 Å². The quantitative estimate of drug-likeness (QED) is 0.855. The van der Waals surface area contributed by atoms with Crippen molar-refractivity contribution in [3.05, 3.63) is 29.3 Å². The maximum Gasteiger partial charge on any atom is 0.0397 e. The van der Waals surface area contributed by atoms with E-state index < -0.39 is 0 Å². The molecular formula is C17H30N4. The molecule has 1 N–H and O–H groups in total. The van der Waals surface area contributed by atoms with E-state index in [9.17, 15) is 0 Å². The molecule has 0 amide bonds. The molecule has 0 saturated carbocycles. The van der Waals surface area contributed by atoms with Crippen LogP contribution in [0.1, 0.15) is 11.1 Å². The zero-order chi connectivity index (χ0) is 15.2. The van der Waals surface area contributed by atoms with Crippen LogP contribution in [0.4, 0.5) is 5.69 Å². The van der Waals surface area contributed by atoms with Crippen LogP contribution in [-0.2, 0) is 6.54 Å². The lowest BCUT2D eigenvalue weighted by molar-refractivity contribution is 0.229. The Morgan fingerprint density at radius 1 is 1.14 bits per heavy atom. The molecule has 1 fully saturated rings. The number of rotatable bonds is 6. The lowest BCUT2D eigenvalue weighted by Gasteiger charge is -2.37. The third kappa shape index (κ3) is 4.70. The van der Waals surface area contributed by atoms with Gasteiger partial charge >= 0.3 is 0 Å². The van der Waals surface area contributed by atoms with Crippen LogP contribution in [0.25, 0.3) is 0 Å². The van der Waals surface area contributed by atoms with Crippen molar-refractivity contribution in [2.75, 3.05) is 65.3 Å². The molecule has 0 aromatic heterocycles. The van der Waals surface area contributed by atoms with E-state index in [-0.39, 0.29) is 0 Å². The molecule has 0 aliphatic carbocycles. The number of benzene rings is 1. The Morgan fingerprint density at radius 3 is 2.43 bits per heavy atom. The summed E-state index contributed by atoms with van der Waals surface area (Å²) in [7, 11) is 6.29. The van der Waals surface area contributed by atoms with E-state index in [0.717, 1.165) is 26.2 Å². The first-order chi connectivity index (χ1) is 10.1. The molecule has 0 radical (unpaired) electrons. The fourth-order valence-electron chi connectivity index (χ4n) is 2.94. The van der Waals surface area contributed by atoms with Crippen molar-refractivity contribution >= 4 is 5.69 Å². The third-order valence-electron chi connectivity index (χ3n) is 4.22. The first-order valence-corrected chi connectivity index (χ1v) is 7.96. The monoisotopic (exact) mass is 290 g/mol. The molecular weight excluding hydrogens is 260 g/mol. The Balaban J connectivity index is 1.90. The van der Waals surface area contributed by atoms with Gasteiger partial charge in [0.05, 0.1) is 0 Å². The molecule has 1 aromatic rings. The topological polar surface area (TPSA) is 21.8 Å². The molecule has 2 rings (SSSR count). The van der Waals surface area contributed by atoms with Crippen LogP contribution in [0.5, 0.6) is 0 Å². The Hall–Kier alpha value is -1.10. The van der Waals surface area contributed by atoms with Crippen LogP contribution >= 0.6 is 0 Å². The fourth-order valence-corrected chi connectivity index (χ4v) is 2.94. The minimum absolute atomic E-state index is 0.944. The number of anilines is 1. The van der Waals surface area contributed by atoms with Crippen LogP contribution in [0.15, 0.2) is 18.2 Å². The van der Waals surface area contributed by atoms with Crippen molar-refractivity contribution in [2.45, 2.75) is 13.5 Å². The normalized spacial score (nSPS) is 16.7. The van der Waals surface area contributed by atoms with E-state index in [2.05, 4.69) is 59.2 Å². The van der Waals surface area contributed by atoms with Gasteiger partial charge in [-0.1, -0.05) is 12.1 Å². The minimum Gasteiger partial charge on any atom is -0.369 e. The van der Waals surface area contributed by atoms with Crippen molar-refractivity contribution in [3.63, 3.8) is 0 Å². The highest BCUT2D eigenvalue weighted by molar-refractivity contribution is 5.54.